The zero-order valence-electron chi connectivity index (χ0n) is 55.7. The summed E-state index contributed by atoms with van der Waals surface area (Å²) >= 11 is 0. The summed E-state index contributed by atoms with van der Waals surface area (Å²) in [7, 11) is 0. The number of ether oxygens (including phenoxy) is 6. The summed E-state index contributed by atoms with van der Waals surface area (Å²) in [5.74, 6) is -0.270. The van der Waals surface area contributed by atoms with Gasteiger partial charge in [0, 0.05) is 6.42 Å². The smallest absolute Gasteiger partial charge is 0.220 e. The maximum atomic E-state index is 13.4. The van der Waals surface area contributed by atoms with Gasteiger partial charge in [0.2, 0.25) is 5.91 Å². The van der Waals surface area contributed by atoms with E-state index in [9.17, 15) is 61.0 Å². The zero-order valence-corrected chi connectivity index (χ0v) is 55.7. The van der Waals surface area contributed by atoms with Gasteiger partial charge in [-0.2, -0.15) is 0 Å². The predicted octanol–water partition coefficient (Wildman–Crippen LogP) is 10.1. The van der Waals surface area contributed by atoms with Gasteiger partial charge in [-0.15, -0.1) is 0 Å². The third kappa shape index (κ3) is 34.7. The Morgan fingerprint density at radius 1 is 0.393 bits per heavy atom. The average Bonchev–Trinajstić information content (AvgIpc) is 1.19. The Morgan fingerprint density at radius 3 is 1.06 bits per heavy atom. The second kappa shape index (κ2) is 52.8. The fourth-order valence-corrected chi connectivity index (χ4v) is 12.7. The number of aliphatic hydroxyl groups is 11. The molecule has 0 aromatic rings. The van der Waals surface area contributed by atoms with Crippen LogP contribution in [0.3, 0.4) is 0 Å². The fourth-order valence-electron chi connectivity index (χ4n) is 12.7. The largest absolute Gasteiger partial charge is 0.394 e. The van der Waals surface area contributed by atoms with Gasteiger partial charge in [-0.1, -0.05) is 283 Å². The molecular formula is C70H133NO18. The van der Waals surface area contributed by atoms with Crippen LogP contribution >= 0.6 is 0 Å². The molecule has 3 saturated heterocycles. The third-order valence-electron chi connectivity index (χ3n) is 18.6. The SMILES string of the molecule is CCCCCCCCCCCC/C=C/C(O)C(COC1OC(CO)C(OC2OC(CO)C(OC3OC(CO)C(O)C(O)C3O)C(O)C2O)C(O)C1O)NC(=O)CCCCCCCCCCCCCCCCCCCCCCCCCCCCCCCCCC. The Morgan fingerprint density at radius 2 is 0.697 bits per heavy atom. The molecule has 0 aliphatic carbocycles. The highest BCUT2D eigenvalue weighted by molar-refractivity contribution is 5.76. The quantitative estimate of drug-likeness (QED) is 0.0199. The number of hydrogen-bond donors (Lipinski definition) is 12. The van der Waals surface area contributed by atoms with E-state index in [2.05, 4.69) is 19.2 Å². The van der Waals surface area contributed by atoms with Crippen molar-refractivity contribution in [2.75, 3.05) is 26.4 Å². The van der Waals surface area contributed by atoms with Crippen molar-refractivity contribution in [3.8, 4) is 0 Å². The van der Waals surface area contributed by atoms with Gasteiger partial charge in [0.15, 0.2) is 18.9 Å². The van der Waals surface area contributed by atoms with Crippen LogP contribution in [-0.2, 0) is 33.2 Å². The molecule has 3 rings (SSSR count). The molecule has 17 atom stereocenters. The van der Waals surface area contributed by atoms with Crippen molar-refractivity contribution in [2.24, 2.45) is 0 Å². The lowest BCUT2D eigenvalue weighted by atomic mass is 9.96. The molecule has 526 valence electrons. The topological polar surface area (TPSA) is 307 Å². The first-order valence-corrected chi connectivity index (χ1v) is 36.4. The maximum Gasteiger partial charge on any atom is 0.220 e. The maximum absolute atomic E-state index is 13.4. The summed E-state index contributed by atoms with van der Waals surface area (Å²) in [4.78, 5) is 13.4. The molecule has 0 bridgehead atoms. The molecule has 1 amide bonds. The van der Waals surface area contributed by atoms with Crippen LogP contribution in [-0.4, -0.2) is 193 Å². The second-order valence-electron chi connectivity index (χ2n) is 26.4. The first-order valence-electron chi connectivity index (χ1n) is 36.4. The van der Waals surface area contributed by atoms with Crippen LogP contribution in [0.25, 0.3) is 0 Å². The van der Waals surface area contributed by atoms with Crippen LogP contribution in [0.2, 0.25) is 0 Å². The molecule has 12 N–H and O–H groups in total. The fraction of sp³-hybridized carbons (Fsp3) is 0.957. The summed E-state index contributed by atoms with van der Waals surface area (Å²) in [6.45, 7) is 1.75. The zero-order chi connectivity index (χ0) is 64.7. The molecule has 0 radical (unpaired) electrons. The van der Waals surface area contributed by atoms with Crippen molar-refractivity contribution >= 4 is 5.91 Å². The standard InChI is InChI=1S/C70H133NO18/c1-3-5-7-9-11-13-15-17-18-19-20-21-22-23-24-25-26-27-28-29-30-31-32-33-34-35-36-38-40-42-44-46-48-58(76)71-53(54(75)47-45-43-41-39-37-16-14-12-10-8-6-4-2)52-84-68-64(82)61(79)66(56(50-73)86-68)89-70-65(83)62(80)67(57(51-74)87-70)88-69-63(81)60(78)59(77)55(49-72)85-69/h45,47,53-57,59-70,72-75,77-83H,3-44,46,48-52H2,1-2H3,(H,71,76)/b47-45+. The highest BCUT2D eigenvalue weighted by Crippen LogP contribution is 2.33. The molecule has 0 saturated carbocycles. The molecule has 3 aliphatic heterocycles. The number of carbonyl (C=O) groups excluding carboxylic acids is 1. The van der Waals surface area contributed by atoms with Crippen LogP contribution in [0.5, 0.6) is 0 Å². The van der Waals surface area contributed by atoms with Crippen molar-refractivity contribution in [2.45, 2.75) is 401 Å². The number of unbranched alkanes of at least 4 members (excludes halogenated alkanes) is 41. The molecule has 0 aromatic heterocycles. The van der Waals surface area contributed by atoms with Gasteiger partial charge in [-0.25, -0.2) is 0 Å². The van der Waals surface area contributed by atoms with E-state index in [0.717, 1.165) is 44.9 Å². The van der Waals surface area contributed by atoms with Crippen molar-refractivity contribution in [3.63, 3.8) is 0 Å². The monoisotopic (exact) mass is 1280 g/mol. The lowest BCUT2D eigenvalue weighted by Crippen LogP contribution is -2.66. The van der Waals surface area contributed by atoms with E-state index < -0.39 is 124 Å². The molecular weight excluding hydrogens is 1140 g/mol. The summed E-state index contributed by atoms with van der Waals surface area (Å²) in [5.41, 5.74) is 0. The number of aliphatic hydroxyl groups excluding tert-OH is 11. The van der Waals surface area contributed by atoms with Gasteiger partial charge in [0.25, 0.3) is 0 Å². The molecule has 3 fully saturated rings. The van der Waals surface area contributed by atoms with E-state index in [-0.39, 0.29) is 18.9 Å². The molecule has 17 unspecified atom stereocenters. The van der Waals surface area contributed by atoms with E-state index >= 15 is 0 Å². The van der Waals surface area contributed by atoms with E-state index in [1.807, 2.05) is 6.08 Å². The first-order chi connectivity index (χ1) is 43.3. The van der Waals surface area contributed by atoms with Gasteiger partial charge >= 0.3 is 0 Å². The number of hydrogen-bond acceptors (Lipinski definition) is 18. The number of allylic oxidation sites excluding steroid dienone is 1. The molecule has 89 heavy (non-hydrogen) atoms. The molecule has 0 aromatic carbocycles. The highest BCUT2D eigenvalue weighted by Gasteiger charge is 2.53. The molecule has 19 heteroatoms. The first kappa shape index (κ1) is 81.8. The van der Waals surface area contributed by atoms with Crippen LogP contribution in [0, 0.1) is 0 Å². The van der Waals surface area contributed by atoms with Crippen molar-refractivity contribution in [3.05, 3.63) is 12.2 Å². The normalized spacial score (nSPS) is 28.2. The molecule has 19 nitrogen and oxygen atoms in total. The highest BCUT2D eigenvalue weighted by atomic mass is 16.8. The van der Waals surface area contributed by atoms with E-state index in [4.69, 9.17) is 28.4 Å². The minimum Gasteiger partial charge on any atom is -0.394 e. The van der Waals surface area contributed by atoms with Crippen molar-refractivity contribution in [1.82, 2.24) is 5.32 Å². The van der Waals surface area contributed by atoms with Gasteiger partial charge < -0.3 is 89.9 Å². The van der Waals surface area contributed by atoms with Gasteiger partial charge in [0.1, 0.15) is 73.2 Å². The number of amides is 1. The lowest BCUT2D eigenvalue weighted by Gasteiger charge is -2.48. The molecule has 3 aliphatic rings. The van der Waals surface area contributed by atoms with Crippen molar-refractivity contribution < 1.29 is 89.4 Å². The average molecular weight is 1280 g/mol. The summed E-state index contributed by atoms with van der Waals surface area (Å²) in [5, 5.41) is 120. The van der Waals surface area contributed by atoms with E-state index in [1.54, 1.807) is 6.08 Å². The Bertz CT molecular complexity index is 1670. The van der Waals surface area contributed by atoms with Crippen LogP contribution in [0.15, 0.2) is 12.2 Å². The van der Waals surface area contributed by atoms with Gasteiger partial charge in [-0.3, -0.25) is 4.79 Å². The third-order valence-corrected chi connectivity index (χ3v) is 18.6. The van der Waals surface area contributed by atoms with Gasteiger partial charge in [0.05, 0.1) is 38.6 Å². The van der Waals surface area contributed by atoms with Crippen LogP contribution in [0.4, 0.5) is 0 Å². The Labute approximate surface area is 537 Å². The number of carbonyl (C=O) groups is 1. The summed E-state index contributed by atoms with van der Waals surface area (Å²) in [6, 6.07) is -0.968. The molecule has 3 heterocycles. The minimum absolute atomic E-state index is 0.250. The predicted molar refractivity (Wildman–Crippen MR) is 347 cm³/mol. The van der Waals surface area contributed by atoms with Crippen molar-refractivity contribution in [1.29, 1.82) is 0 Å². The van der Waals surface area contributed by atoms with Crippen LogP contribution in [0.1, 0.15) is 296 Å². The van der Waals surface area contributed by atoms with Crippen LogP contribution < -0.4 is 5.32 Å². The van der Waals surface area contributed by atoms with E-state index in [0.29, 0.717) is 6.42 Å². The minimum atomic E-state index is -1.98. The summed E-state index contributed by atoms with van der Waals surface area (Å²) < 4.78 is 34.3. The Kier molecular flexibility index (Phi) is 48.5. The lowest BCUT2D eigenvalue weighted by molar-refractivity contribution is -0.379. The Balaban J connectivity index is 1.33. The number of nitrogens with one attached hydrogen (secondary N) is 1. The van der Waals surface area contributed by atoms with Gasteiger partial charge in [-0.05, 0) is 19.3 Å². The molecule has 0 spiro atoms. The number of rotatable bonds is 57. The Hall–Kier alpha value is -1.47. The van der Waals surface area contributed by atoms with E-state index in [1.165, 1.54) is 225 Å². The summed E-state index contributed by atoms with van der Waals surface area (Å²) in [6.07, 6.45) is 32.3. The second-order valence-corrected chi connectivity index (χ2v) is 26.4.